The Bertz CT molecular complexity index is 696. The molecular formula is C14H19N5O3. The predicted octanol–water partition coefficient (Wildman–Crippen LogP) is 1.63. The first kappa shape index (κ1) is 15.5. The number of nitrogens with zero attached hydrogens (tertiary/aromatic N) is 2. The molecule has 8 heteroatoms. The maximum absolute atomic E-state index is 11.0. The van der Waals surface area contributed by atoms with Gasteiger partial charge in [0.05, 0.1) is 0 Å². The molecule has 2 rings (SSSR count). The molecule has 0 unspecified atom stereocenters. The van der Waals surface area contributed by atoms with E-state index in [9.17, 15) is 9.90 Å². The molecule has 0 fully saturated rings. The van der Waals surface area contributed by atoms with Crippen LogP contribution in [-0.4, -0.2) is 42.0 Å². The molecule has 4 N–H and O–H groups in total. The zero-order chi connectivity index (χ0) is 16.3. The van der Waals surface area contributed by atoms with Crippen LogP contribution < -0.4 is 20.7 Å². The molecule has 0 saturated heterocycles. The minimum Gasteiger partial charge on any atom is -0.506 e. The lowest BCUT2D eigenvalue weighted by Gasteiger charge is -2.11. The molecule has 0 aliphatic heterocycles. The van der Waals surface area contributed by atoms with Crippen molar-refractivity contribution >= 4 is 23.3 Å². The van der Waals surface area contributed by atoms with Gasteiger partial charge in [-0.3, -0.25) is 4.79 Å². The molecule has 118 valence electrons. The van der Waals surface area contributed by atoms with Gasteiger partial charge in [-0.1, -0.05) is 0 Å². The Morgan fingerprint density at radius 2 is 1.95 bits per heavy atom. The molecule has 0 saturated carbocycles. The molecule has 2 aromatic rings. The molecule has 0 amide bonds. The topological polar surface area (TPSA) is 100 Å². The fourth-order valence-electron chi connectivity index (χ4n) is 2.15. The van der Waals surface area contributed by atoms with Crippen LogP contribution >= 0.6 is 0 Å². The summed E-state index contributed by atoms with van der Waals surface area (Å²) in [6, 6.07) is 4.59. The number of phenolic OH excluding ortho intramolecular Hbond substituents is 1. The molecule has 1 aromatic carbocycles. The van der Waals surface area contributed by atoms with Crippen molar-refractivity contribution in [2.24, 2.45) is 0 Å². The van der Waals surface area contributed by atoms with Gasteiger partial charge in [0.15, 0.2) is 11.6 Å². The number of phenols is 1. The van der Waals surface area contributed by atoms with E-state index in [1.807, 2.05) is 0 Å². The number of rotatable bonds is 5. The monoisotopic (exact) mass is 305 g/mol. The molecular weight excluding hydrogens is 286 g/mol. The fraction of sp³-hybridized carbons (Fsp3) is 0.286. The zero-order valence-electron chi connectivity index (χ0n) is 12.9. The van der Waals surface area contributed by atoms with E-state index < -0.39 is 5.97 Å². The molecule has 1 aromatic heterocycles. The van der Waals surface area contributed by atoms with Gasteiger partial charge in [0.2, 0.25) is 0 Å². The maximum atomic E-state index is 11.0. The lowest BCUT2D eigenvalue weighted by molar-refractivity contribution is -0.131. The number of anilines is 3. The van der Waals surface area contributed by atoms with E-state index in [1.54, 1.807) is 38.0 Å². The summed E-state index contributed by atoms with van der Waals surface area (Å²) < 4.78 is 6.50. The number of carbonyl (C=O) groups is 1. The Labute approximate surface area is 128 Å². The lowest BCUT2D eigenvalue weighted by atomic mass is 10.2. The highest BCUT2D eigenvalue weighted by Gasteiger charge is 2.18. The summed E-state index contributed by atoms with van der Waals surface area (Å²) in [6.07, 6.45) is 0. The minimum atomic E-state index is -0.447. The Kier molecular flexibility index (Phi) is 4.40. The number of hydrogen-bond acceptors (Lipinski definition) is 7. The number of benzene rings is 1. The van der Waals surface area contributed by atoms with Gasteiger partial charge in [-0.2, -0.15) is 0 Å². The van der Waals surface area contributed by atoms with Gasteiger partial charge in [0.1, 0.15) is 22.9 Å². The van der Waals surface area contributed by atoms with Gasteiger partial charge in [0, 0.05) is 34.1 Å². The third-order valence-electron chi connectivity index (χ3n) is 3.05. The first-order chi connectivity index (χ1) is 10.5. The van der Waals surface area contributed by atoms with Crippen molar-refractivity contribution in [3.05, 3.63) is 18.2 Å². The summed E-state index contributed by atoms with van der Waals surface area (Å²) in [7, 11) is 5.31. The summed E-state index contributed by atoms with van der Waals surface area (Å²) in [5.41, 5.74) is 1.23. The van der Waals surface area contributed by atoms with Crippen LogP contribution in [0.25, 0.3) is 5.69 Å². The highest BCUT2D eigenvalue weighted by Crippen LogP contribution is 2.35. The van der Waals surface area contributed by atoms with Gasteiger partial charge in [-0.25, -0.2) is 4.68 Å². The highest BCUT2D eigenvalue weighted by molar-refractivity contribution is 5.80. The number of esters is 1. The summed E-state index contributed by atoms with van der Waals surface area (Å²) in [6.45, 7) is 1.30. The second-order valence-electron chi connectivity index (χ2n) is 4.48. The van der Waals surface area contributed by atoms with Crippen molar-refractivity contribution in [3.8, 4) is 17.2 Å². The maximum Gasteiger partial charge on any atom is 0.308 e. The van der Waals surface area contributed by atoms with E-state index in [-0.39, 0.29) is 11.5 Å². The Balaban J connectivity index is 2.52. The van der Waals surface area contributed by atoms with Gasteiger partial charge in [0.25, 0.3) is 0 Å². The van der Waals surface area contributed by atoms with E-state index in [1.165, 1.54) is 13.0 Å². The van der Waals surface area contributed by atoms with Gasteiger partial charge < -0.3 is 25.8 Å². The predicted molar refractivity (Wildman–Crippen MR) is 85.2 cm³/mol. The number of nitrogens with one attached hydrogen (secondary N) is 3. The van der Waals surface area contributed by atoms with Crippen LogP contribution in [0.1, 0.15) is 6.92 Å². The van der Waals surface area contributed by atoms with E-state index in [2.05, 4.69) is 21.0 Å². The second-order valence-corrected chi connectivity index (χ2v) is 4.48. The normalized spacial score (nSPS) is 10.2. The summed E-state index contributed by atoms with van der Waals surface area (Å²) >= 11 is 0. The number of hydrogen-bond donors (Lipinski definition) is 4. The second kappa shape index (κ2) is 6.25. The highest BCUT2D eigenvalue weighted by atomic mass is 16.5. The first-order valence-corrected chi connectivity index (χ1v) is 6.69. The van der Waals surface area contributed by atoms with Gasteiger partial charge in [-0.15, -0.1) is 5.10 Å². The van der Waals surface area contributed by atoms with Gasteiger partial charge >= 0.3 is 5.97 Å². The van der Waals surface area contributed by atoms with Crippen LogP contribution in [-0.2, 0) is 4.79 Å². The molecule has 0 bridgehead atoms. The van der Waals surface area contributed by atoms with E-state index in [0.29, 0.717) is 17.3 Å². The van der Waals surface area contributed by atoms with Crippen molar-refractivity contribution in [2.75, 3.05) is 37.1 Å². The molecule has 0 aliphatic carbocycles. The molecule has 1 heterocycles. The van der Waals surface area contributed by atoms with Gasteiger partial charge in [-0.05, 0) is 12.1 Å². The molecule has 0 spiro atoms. The SMILES string of the molecule is CNc1nn(-c2ccc(OC(C)=O)cc2O)c(NC)c1NC. The Hall–Kier alpha value is -2.90. The van der Waals surface area contributed by atoms with E-state index >= 15 is 0 Å². The van der Waals surface area contributed by atoms with Crippen LogP contribution in [0.4, 0.5) is 17.3 Å². The van der Waals surface area contributed by atoms with Crippen LogP contribution in [0.15, 0.2) is 18.2 Å². The third-order valence-corrected chi connectivity index (χ3v) is 3.05. The summed E-state index contributed by atoms with van der Waals surface area (Å²) in [5.74, 6) is 1.09. The largest absolute Gasteiger partial charge is 0.506 e. The molecule has 8 nitrogen and oxygen atoms in total. The third kappa shape index (κ3) is 2.76. The smallest absolute Gasteiger partial charge is 0.308 e. The Morgan fingerprint density at radius 1 is 1.23 bits per heavy atom. The summed E-state index contributed by atoms with van der Waals surface area (Å²) in [5, 5.41) is 23.7. The minimum absolute atomic E-state index is 0.0527. The summed E-state index contributed by atoms with van der Waals surface area (Å²) in [4.78, 5) is 11.0. The fourth-order valence-corrected chi connectivity index (χ4v) is 2.15. The van der Waals surface area contributed by atoms with Crippen LogP contribution in [0.2, 0.25) is 0 Å². The van der Waals surface area contributed by atoms with E-state index in [4.69, 9.17) is 4.74 Å². The lowest BCUT2D eigenvalue weighted by Crippen LogP contribution is -2.05. The molecule has 0 atom stereocenters. The average molecular weight is 305 g/mol. The Morgan fingerprint density at radius 3 is 2.45 bits per heavy atom. The number of carbonyl (C=O) groups excluding carboxylic acids is 1. The number of aromatic nitrogens is 2. The van der Waals surface area contributed by atoms with Crippen LogP contribution in [0, 0.1) is 0 Å². The first-order valence-electron chi connectivity index (χ1n) is 6.69. The molecule has 0 aliphatic rings. The van der Waals surface area contributed by atoms with Crippen molar-refractivity contribution in [3.63, 3.8) is 0 Å². The molecule has 0 radical (unpaired) electrons. The van der Waals surface area contributed by atoms with Crippen molar-refractivity contribution in [1.29, 1.82) is 0 Å². The standard InChI is InChI=1S/C14H19N5O3/c1-8(20)22-9-5-6-10(11(21)7-9)19-14(17-4)12(15-2)13(16-3)18-19/h5-7,15,17,21H,1-4H3,(H,16,18). The number of ether oxygens (including phenoxy) is 1. The molecule has 22 heavy (non-hydrogen) atoms. The quantitative estimate of drug-likeness (QED) is 0.492. The van der Waals surface area contributed by atoms with Crippen molar-refractivity contribution < 1.29 is 14.6 Å². The van der Waals surface area contributed by atoms with E-state index in [0.717, 1.165) is 5.69 Å². The van der Waals surface area contributed by atoms with Crippen molar-refractivity contribution in [1.82, 2.24) is 9.78 Å². The zero-order valence-corrected chi connectivity index (χ0v) is 12.9. The van der Waals surface area contributed by atoms with Crippen LogP contribution in [0.5, 0.6) is 11.5 Å². The average Bonchev–Trinajstić information content (AvgIpc) is 2.84. The van der Waals surface area contributed by atoms with Crippen LogP contribution in [0.3, 0.4) is 0 Å². The number of aromatic hydroxyl groups is 1. The van der Waals surface area contributed by atoms with Crippen molar-refractivity contribution in [2.45, 2.75) is 6.92 Å².